The molecule has 1 atom stereocenters. The van der Waals surface area contributed by atoms with E-state index in [-0.39, 0.29) is 11.8 Å². The smallest absolute Gasteiger partial charge is 0.307 e. The molecule has 4 aliphatic rings. The van der Waals surface area contributed by atoms with Crippen molar-refractivity contribution in [3.05, 3.63) is 23.2 Å². The van der Waals surface area contributed by atoms with E-state index in [2.05, 4.69) is 0 Å². The monoisotopic (exact) mass is 476 g/mol. The summed E-state index contributed by atoms with van der Waals surface area (Å²) in [5, 5.41) is 0.665. The second-order valence-corrected chi connectivity index (χ2v) is 15.6. The quantitative estimate of drug-likeness (QED) is 0.411. The van der Waals surface area contributed by atoms with Crippen molar-refractivity contribution in [2.45, 2.75) is 119 Å². The summed E-state index contributed by atoms with van der Waals surface area (Å²) >= 11 is 6.29. The molecule has 1 aromatic carbocycles. The van der Waals surface area contributed by atoms with Crippen molar-refractivity contribution >= 4 is 30.5 Å². The molecule has 1 aromatic rings. The van der Waals surface area contributed by atoms with Gasteiger partial charge < -0.3 is 9.64 Å². The molecule has 176 valence electrons. The minimum absolute atomic E-state index is 0.217. The predicted molar refractivity (Wildman–Crippen MR) is 137 cm³/mol. The lowest BCUT2D eigenvalue weighted by Gasteiger charge is -2.52. The van der Waals surface area contributed by atoms with E-state index in [0.717, 1.165) is 28.4 Å². The van der Waals surface area contributed by atoms with Crippen molar-refractivity contribution in [3.63, 3.8) is 0 Å². The van der Waals surface area contributed by atoms with Crippen LogP contribution in [0.2, 0.25) is 5.02 Å². The molecule has 1 heterocycles. The maximum absolute atomic E-state index is 14.2. The summed E-state index contributed by atoms with van der Waals surface area (Å²) in [6, 6.07) is 5.82. The van der Waals surface area contributed by atoms with Crippen LogP contribution in [-0.4, -0.2) is 35.8 Å². The maximum Gasteiger partial charge on any atom is 0.307 e. The summed E-state index contributed by atoms with van der Waals surface area (Å²) in [5.74, 6) is 0.846. The Morgan fingerprint density at radius 3 is 1.75 bits per heavy atom. The van der Waals surface area contributed by atoms with Gasteiger partial charge in [0.2, 0.25) is 0 Å². The van der Waals surface area contributed by atoms with Gasteiger partial charge >= 0.3 is 5.91 Å². The zero-order chi connectivity index (χ0) is 22.1. The molecule has 0 N–H and O–H groups in total. The Hall–Kier alpha value is -0.790. The highest BCUT2D eigenvalue weighted by molar-refractivity contribution is 7.79. The van der Waals surface area contributed by atoms with Gasteiger partial charge in [0.1, 0.15) is 5.75 Å². The van der Waals surface area contributed by atoms with E-state index in [1.54, 1.807) is 0 Å². The Balaban J connectivity index is 1.63. The topological polar surface area (TPSA) is 29.5 Å². The van der Waals surface area contributed by atoms with Gasteiger partial charge in [-0.1, -0.05) is 30.9 Å². The van der Waals surface area contributed by atoms with Crippen LogP contribution in [0.15, 0.2) is 18.2 Å². The number of fused-ring (bicyclic) bond motifs is 1. The first-order valence-corrected chi connectivity index (χ1v) is 15.7. The second kappa shape index (κ2) is 9.83. The minimum atomic E-state index is -1.71. The van der Waals surface area contributed by atoms with Crippen molar-refractivity contribution in [1.29, 1.82) is 0 Å². The highest BCUT2D eigenvalue weighted by Crippen LogP contribution is 2.80. The third kappa shape index (κ3) is 4.00. The maximum atomic E-state index is 14.2. The lowest BCUT2D eigenvalue weighted by atomic mass is 9.99. The fourth-order valence-corrected chi connectivity index (χ4v) is 15.4. The third-order valence-electron chi connectivity index (χ3n) is 9.09. The number of rotatable bonds is 4. The Bertz CT molecular complexity index is 766. The zero-order valence-corrected chi connectivity index (χ0v) is 21.4. The number of anilines is 1. The van der Waals surface area contributed by atoms with Gasteiger partial charge in [-0.25, -0.2) is 0 Å². The number of benzene rings is 1. The SMILES string of the molecule is CN1C(=O)C([P+](C2CCCCC2)(C2CCCCC2)C2CCCCC2)Oc2ccc(Cl)cc21. The first-order chi connectivity index (χ1) is 15.6. The van der Waals surface area contributed by atoms with Gasteiger partial charge in [0.15, 0.2) is 0 Å². The normalized spacial score (nSPS) is 26.6. The molecule has 3 aliphatic carbocycles. The molecule has 0 saturated heterocycles. The number of carbonyl (C=O) groups is 1. The van der Waals surface area contributed by atoms with Crippen LogP contribution in [0, 0.1) is 0 Å². The van der Waals surface area contributed by atoms with Crippen LogP contribution in [0.5, 0.6) is 5.75 Å². The van der Waals surface area contributed by atoms with Crippen LogP contribution in [0.3, 0.4) is 0 Å². The fourth-order valence-electron chi connectivity index (χ4n) is 7.64. The van der Waals surface area contributed by atoms with Crippen molar-refractivity contribution in [3.8, 4) is 5.75 Å². The largest absolute Gasteiger partial charge is 0.446 e. The molecule has 1 aliphatic heterocycles. The fraction of sp³-hybridized carbons (Fsp3) is 0.741. The molecule has 3 nitrogen and oxygen atoms in total. The first-order valence-electron chi connectivity index (χ1n) is 13.2. The molecule has 0 radical (unpaired) electrons. The third-order valence-corrected chi connectivity index (χ3v) is 15.8. The number of nitrogens with zero attached hydrogens (tertiary/aromatic N) is 1. The van der Waals surface area contributed by atoms with Crippen molar-refractivity contribution in [2.24, 2.45) is 0 Å². The van der Waals surface area contributed by atoms with Gasteiger partial charge in [-0.15, -0.1) is 0 Å². The summed E-state index contributed by atoms with van der Waals surface area (Å²) in [6.07, 6.45) is 20.1. The van der Waals surface area contributed by atoms with Crippen molar-refractivity contribution in [2.75, 3.05) is 11.9 Å². The van der Waals surface area contributed by atoms with Gasteiger partial charge in [0.25, 0.3) is 5.85 Å². The number of halogens is 1. The Kier molecular flexibility index (Phi) is 7.06. The molecule has 5 rings (SSSR count). The Morgan fingerprint density at radius 1 is 0.812 bits per heavy atom. The van der Waals surface area contributed by atoms with Crippen LogP contribution >= 0.6 is 18.9 Å². The second-order valence-electron chi connectivity index (χ2n) is 10.7. The zero-order valence-electron chi connectivity index (χ0n) is 19.7. The van der Waals surface area contributed by atoms with Crippen LogP contribution in [0.1, 0.15) is 96.3 Å². The first kappa shape index (κ1) is 23.0. The highest BCUT2D eigenvalue weighted by Gasteiger charge is 2.66. The van der Waals surface area contributed by atoms with Crippen LogP contribution in [-0.2, 0) is 4.79 Å². The molecule has 1 amide bonds. The van der Waals surface area contributed by atoms with Crippen LogP contribution < -0.4 is 9.64 Å². The predicted octanol–water partition coefficient (Wildman–Crippen LogP) is 8.04. The molecule has 3 fully saturated rings. The molecule has 3 saturated carbocycles. The van der Waals surface area contributed by atoms with Gasteiger partial charge in [0.05, 0.1) is 29.9 Å². The standard InChI is InChI=1S/C27H40ClNO2P/c1-29-24-19-20(28)17-18-25(24)31-27(26(29)30)32(21-11-5-2-6-12-21,22-13-7-3-8-14-22)23-15-9-4-10-16-23/h17-19,21-23,27H,2-16H2,1H3/q+1. The number of hydrogen-bond donors (Lipinski definition) is 0. The average Bonchev–Trinajstić information content (AvgIpc) is 2.85. The molecule has 0 bridgehead atoms. The molecule has 5 heteroatoms. The van der Waals surface area contributed by atoms with Gasteiger partial charge in [-0.05, 0) is 95.2 Å². The summed E-state index contributed by atoms with van der Waals surface area (Å²) in [5.41, 5.74) is 3.00. The van der Waals surface area contributed by atoms with E-state index in [0.29, 0.717) is 5.02 Å². The van der Waals surface area contributed by atoms with Gasteiger partial charge in [0, 0.05) is 12.1 Å². The van der Waals surface area contributed by atoms with E-state index in [9.17, 15) is 4.79 Å². The summed E-state index contributed by atoms with van der Waals surface area (Å²) in [4.78, 5) is 16.0. The van der Waals surface area contributed by atoms with Crippen LogP contribution in [0.4, 0.5) is 5.69 Å². The van der Waals surface area contributed by atoms with Gasteiger partial charge in [-0.3, -0.25) is 4.79 Å². The number of ether oxygens (including phenoxy) is 1. The Labute approximate surface area is 199 Å². The van der Waals surface area contributed by atoms with E-state index in [4.69, 9.17) is 16.3 Å². The lowest BCUT2D eigenvalue weighted by Crippen LogP contribution is -2.52. The van der Waals surface area contributed by atoms with Crippen molar-refractivity contribution in [1.82, 2.24) is 0 Å². The van der Waals surface area contributed by atoms with E-state index < -0.39 is 7.26 Å². The molecular weight excluding hydrogens is 437 g/mol. The lowest BCUT2D eigenvalue weighted by molar-refractivity contribution is -0.122. The summed E-state index contributed by atoms with van der Waals surface area (Å²) in [6.45, 7) is 0. The van der Waals surface area contributed by atoms with E-state index >= 15 is 0 Å². The van der Waals surface area contributed by atoms with E-state index in [1.807, 2.05) is 30.1 Å². The molecule has 0 spiro atoms. The number of carbonyl (C=O) groups excluding carboxylic acids is 1. The van der Waals surface area contributed by atoms with Crippen LogP contribution in [0.25, 0.3) is 0 Å². The van der Waals surface area contributed by atoms with E-state index in [1.165, 1.54) is 96.3 Å². The van der Waals surface area contributed by atoms with Gasteiger partial charge in [-0.2, -0.15) is 0 Å². The molecule has 1 unspecified atom stereocenters. The minimum Gasteiger partial charge on any atom is -0.446 e. The highest BCUT2D eigenvalue weighted by atomic mass is 35.5. The summed E-state index contributed by atoms with van der Waals surface area (Å²) in [7, 11) is 0.244. The van der Waals surface area contributed by atoms with Crippen molar-refractivity contribution < 1.29 is 9.53 Å². The Morgan fingerprint density at radius 2 is 1.28 bits per heavy atom. The number of amides is 1. The molecule has 32 heavy (non-hydrogen) atoms. The number of likely N-dealkylation sites (N-methyl/N-ethyl adjacent to an activating group) is 1. The molecular formula is C27H40ClNO2P+. The molecule has 0 aromatic heterocycles. The summed E-state index contributed by atoms with van der Waals surface area (Å²) < 4.78 is 6.89. The number of hydrogen-bond acceptors (Lipinski definition) is 2. The average molecular weight is 477 g/mol.